The molecule has 0 aliphatic heterocycles. The van der Waals surface area contributed by atoms with Crippen molar-refractivity contribution in [2.45, 2.75) is 20.3 Å². The Bertz CT molecular complexity index is 319. The Morgan fingerprint density at radius 2 is 2.31 bits per heavy atom. The van der Waals surface area contributed by atoms with E-state index in [0.717, 1.165) is 0 Å². The number of aromatic carboxylic acids is 1. The summed E-state index contributed by atoms with van der Waals surface area (Å²) in [7, 11) is 0. The number of halogens is 1. The highest BCUT2D eigenvalue weighted by molar-refractivity contribution is 9.10. The van der Waals surface area contributed by atoms with Crippen LogP contribution >= 0.6 is 15.9 Å². The van der Waals surface area contributed by atoms with Gasteiger partial charge in [-0.05, 0) is 28.3 Å². The third kappa shape index (κ3) is 2.30. The minimum Gasteiger partial charge on any atom is -0.475 e. The average molecular weight is 248 g/mol. The highest BCUT2D eigenvalue weighted by Crippen LogP contribution is 2.23. The van der Waals surface area contributed by atoms with Crippen LogP contribution in [0.5, 0.6) is 0 Å². The second-order valence-corrected chi connectivity index (χ2v) is 3.97. The summed E-state index contributed by atoms with van der Waals surface area (Å²) in [6.07, 6.45) is 0.706. The van der Waals surface area contributed by atoms with Crippen LogP contribution in [0, 0.1) is 5.92 Å². The van der Waals surface area contributed by atoms with Gasteiger partial charge < -0.3 is 9.63 Å². The molecule has 0 bridgehead atoms. The Labute approximate surface area is 84.0 Å². The molecule has 1 N–H and O–H groups in total. The maximum absolute atomic E-state index is 10.6. The molecule has 0 spiro atoms. The van der Waals surface area contributed by atoms with Crippen LogP contribution in [0.25, 0.3) is 0 Å². The van der Waals surface area contributed by atoms with Crippen LogP contribution in [0.1, 0.15) is 30.1 Å². The minimum atomic E-state index is -1.10. The van der Waals surface area contributed by atoms with Gasteiger partial charge in [-0.1, -0.05) is 19.0 Å². The second-order valence-electron chi connectivity index (χ2n) is 3.18. The summed E-state index contributed by atoms with van der Waals surface area (Å²) in [6, 6.07) is 0. The summed E-state index contributed by atoms with van der Waals surface area (Å²) in [5, 5.41) is 12.3. The summed E-state index contributed by atoms with van der Waals surface area (Å²) >= 11 is 3.14. The number of hydrogen-bond donors (Lipinski definition) is 1. The Morgan fingerprint density at radius 3 is 2.69 bits per heavy atom. The van der Waals surface area contributed by atoms with Gasteiger partial charge in [0.25, 0.3) is 5.76 Å². The van der Waals surface area contributed by atoms with E-state index in [4.69, 9.17) is 5.11 Å². The highest BCUT2D eigenvalue weighted by atomic mass is 79.9. The number of carbonyl (C=O) groups is 1. The van der Waals surface area contributed by atoms with Gasteiger partial charge in [0.1, 0.15) is 0 Å². The van der Waals surface area contributed by atoms with Crippen LogP contribution in [-0.4, -0.2) is 16.2 Å². The van der Waals surface area contributed by atoms with Crippen molar-refractivity contribution in [3.05, 3.63) is 15.9 Å². The number of carboxylic acid groups (broad SMARTS) is 1. The van der Waals surface area contributed by atoms with Crippen molar-refractivity contribution >= 4 is 21.9 Å². The third-order valence-corrected chi connectivity index (χ3v) is 2.31. The van der Waals surface area contributed by atoms with Crippen LogP contribution in [-0.2, 0) is 6.42 Å². The van der Waals surface area contributed by atoms with E-state index in [1.54, 1.807) is 0 Å². The van der Waals surface area contributed by atoms with Gasteiger partial charge in [0.15, 0.2) is 0 Å². The Hall–Kier alpha value is -0.840. The lowest BCUT2D eigenvalue weighted by Crippen LogP contribution is -1.97. The molecule has 5 heteroatoms. The molecule has 4 nitrogen and oxygen atoms in total. The molecule has 0 aliphatic carbocycles. The number of aromatic nitrogens is 1. The molecule has 1 heterocycles. The van der Waals surface area contributed by atoms with Gasteiger partial charge in [0, 0.05) is 0 Å². The molecule has 0 aliphatic rings. The first-order chi connectivity index (χ1) is 6.02. The van der Waals surface area contributed by atoms with Gasteiger partial charge in [-0.3, -0.25) is 0 Å². The van der Waals surface area contributed by atoms with Crippen LogP contribution in [0.15, 0.2) is 9.00 Å². The van der Waals surface area contributed by atoms with Crippen molar-refractivity contribution in [1.82, 2.24) is 5.16 Å². The normalized spacial score (nSPS) is 10.8. The molecule has 0 amide bonds. The Kier molecular flexibility index (Phi) is 3.08. The molecule has 72 valence electrons. The molecule has 1 rings (SSSR count). The van der Waals surface area contributed by atoms with Crippen LogP contribution in [0.3, 0.4) is 0 Å². The standard InChI is InChI=1S/C8H10BrNO3/c1-4(2)3-5-6(9)7(8(11)12)13-10-5/h4H,3H2,1-2H3,(H,11,12). The maximum Gasteiger partial charge on any atom is 0.375 e. The number of rotatable bonds is 3. The van der Waals surface area contributed by atoms with E-state index in [-0.39, 0.29) is 5.76 Å². The van der Waals surface area contributed by atoms with Crippen molar-refractivity contribution in [1.29, 1.82) is 0 Å². The van der Waals surface area contributed by atoms with Crippen LogP contribution in [0.2, 0.25) is 0 Å². The zero-order valence-corrected chi connectivity index (χ0v) is 8.96. The van der Waals surface area contributed by atoms with Gasteiger partial charge in [0.2, 0.25) is 0 Å². The zero-order chi connectivity index (χ0) is 10.0. The maximum atomic E-state index is 10.6. The number of nitrogens with zero attached hydrogens (tertiary/aromatic N) is 1. The third-order valence-electron chi connectivity index (χ3n) is 1.50. The van der Waals surface area contributed by atoms with E-state index in [1.165, 1.54) is 0 Å². The zero-order valence-electron chi connectivity index (χ0n) is 7.37. The molecule has 0 atom stereocenters. The quantitative estimate of drug-likeness (QED) is 0.891. The summed E-state index contributed by atoms with van der Waals surface area (Å²) < 4.78 is 5.11. The average Bonchev–Trinajstić information content (AvgIpc) is 2.32. The summed E-state index contributed by atoms with van der Waals surface area (Å²) in [5.41, 5.74) is 0.660. The van der Waals surface area contributed by atoms with E-state index >= 15 is 0 Å². The number of hydrogen-bond acceptors (Lipinski definition) is 3. The van der Waals surface area contributed by atoms with Gasteiger partial charge in [-0.25, -0.2) is 4.79 Å². The van der Waals surface area contributed by atoms with E-state index in [9.17, 15) is 4.79 Å². The molecule has 1 aromatic rings. The van der Waals surface area contributed by atoms with E-state index in [2.05, 4.69) is 25.6 Å². The Morgan fingerprint density at radius 1 is 1.69 bits per heavy atom. The van der Waals surface area contributed by atoms with Crippen molar-refractivity contribution in [2.24, 2.45) is 5.92 Å². The molecule has 0 saturated heterocycles. The largest absolute Gasteiger partial charge is 0.475 e. The SMILES string of the molecule is CC(C)Cc1noc(C(=O)O)c1Br. The van der Waals surface area contributed by atoms with Crippen molar-refractivity contribution in [3.63, 3.8) is 0 Å². The molecule has 0 radical (unpaired) electrons. The minimum absolute atomic E-state index is 0.129. The first-order valence-electron chi connectivity index (χ1n) is 3.89. The van der Waals surface area contributed by atoms with Gasteiger partial charge >= 0.3 is 5.97 Å². The lowest BCUT2D eigenvalue weighted by Gasteiger charge is -1.98. The van der Waals surface area contributed by atoms with Crippen LogP contribution < -0.4 is 0 Å². The van der Waals surface area contributed by atoms with Crippen molar-refractivity contribution in [3.8, 4) is 0 Å². The fourth-order valence-corrected chi connectivity index (χ4v) is 1.43. The molecular weight excluding hydrogens is 238 g/mol. The summed E-state index contributed by atoms with van der Waals surface area (Å²) in [4.78, 5) is 10.6. The van der Waals surface area contributed by atoms with Crippen molar-refractivity contribution < 1.29 is 14.4 Å². The molecule has 0 unspecified atom stereocenters. The van der Waals surface area contributed by atoms with Crippen LogP contribution in [0.4, 0.5) is 0 Å². The predicted molar refractivity (Wildman–Crippen MR) is 49.7 cm³/mol. The molecule has 0 aromatic carbocycles. The number of carboxylic acids is 1. The summed E-state index contributed by atoms with van der Waals surface area (Å²) in [6.45, 7) is 4.06. The lowest BCUT2D eigenvalue weighted by atomic mass is 10.1. The van der Waals surface area contributed by atoms with Gasteiger partial charge in [-0.2, -0.15) is 0 Å². The molecule has 13 heavy (non-hydrogen) atoms. The van der Waals surface area contributed by atoms with E-state index in [0.29, 0.717) is 22.5 Å². The van der Waals surface area contributed by atoms with Gasteiger partial charge in [0.05, 0.1) is 10.2 Å². The van der Waals surface area contributed by atoms with E-state index in [1.807, 2.05) is 13.8 Å². The van der Waals surface area contributed by atoms with Gasteiger partial charge in [-0.15, -0.1) is 0 Å². The fraction of sp³-hybridized carbons (Fsp3) is 0.500. The topological polar surface area (TPSA) is 63.3 Å². The highest BCUT2D eigenvalue weighted by Gasteiger charge is 2.19. The second kappa shape index (κ2) is 3.91. The first-order valence-corrected chi connectivity index (χ1v) is 4.69. The lowest BCUT2D eigenvalue weighted by molar-refractivity contribution is 0.0650. The molecule has 0 saturated carbocycles. The first kappa shape index (κ1) is 10.2. The Balaban J connectivity index is 2.93. The molecule has 0 fully saturated rings. The fourth-order valence-electron chi connectivity index (χ4n) is 0.958. The molecular formula is C8H10BrNO3. The molecule has 1 aromatic heterocycles. The summed E-state index contributed by atoms with van der Waals surface area (Å²) in [5.74, 6) is -0.812. The van der Waals surface area contributed by atoms with E-state index < -0.39 is 5.97 Å². The van der Waals surface area contributed by atoms with Crippen molar-refractivity contribution in [2.75, 3.05) is 0 Å². The monoisotopic (exact) mass is 247 g/mol. The smallest absolute Gasteiger partial charge is 0.375 e. The predicted octanol–water partition coefficient (Wildman–Crippen LogP) is 2.33.